The number of thioether (sulfide) groups is 1. The average Bonchev–Trinajstić information content (AvgIpc) is 2.60. The Morgan fingerprint density at radius 1 is 1.33 bits per heavy atom. The van der Waals surface area contributed by atoms with E-state index in [2.05, 4.69) is 0 Å². The first-order chi connectivity index (χ1) is 8.44. The molecule has 2 atom stereocenters. The minimum Gasteiger partial charge on any atom is -0.465 e. The molecule has 2 unspecified atom stereocenters. The zero-order valence-corrected chi connectivity index (χ0v) is 11.8. The van der Waals surface area contributed by atoms with Crippen molar-refractivity contribution in [1.82, 2.24) is 0 Å². The van der Waals surface area contributed by atoms with Crippen molar-refractivity contribution in [2.45, 2.75) is 38.0 Å². The molecule has 0 aliphatic carbocycles. The van der Waals surface area contributed by atoms with E-state index in [1.807, 2.05) is 6.92 Å². The van der Waals surface area contributed by atoms with Gasteiger partial charge in [0.2, 0.25) is 0 Å². The lowest BCUT2D eigenvalue weighted by Crippen LogP contribution is -2.48. The Kier molecular flexibility index (Phi) is 5.47. The number of hydrogen-bond donors (Lipinski definition) is 1. The van der Waals surface area contributed by atoms with Gasteiger partial charge in [0, 0.05) is 11.0 Å². The summed E-state index contributed by atoms with van der Waals surface area (Å²) >= 11 is 1.54. The van der Waals surface area contributed by atoms with Gasteiger partial charge in [0.15, 0.2) is 5.92 Å². The average molecular weight is 276 g/mol. The first-order valence-corrected chi connectivity index (χ1v) is 7.16. The van der Waals surface area contributed by atoms with E-state index in [0.717, 1.165) is 0 Å². The van der Waals surface area contributed by atoms with Gasteiger partial charge >= 0.3 is 11.9 Å². The van der Waals surface area contributed by atoms with Crippen molar-refractivity contribution in [3.05, 3.63) is 0 Å². The molecule has 0 saturated carbocycles. The molecule has 0 spiro atoms. The molecule has 1 heterocycles. The number of carbonyl (C=O) groups is 2. The third-order valence-electron chi connectivity index (χ3n) is 2.84. The highest BCUT2D eigenvalue weighted by Crippen LogP contribution is 2.40. The van der Waals surface area contributed by atoms with Gasteiger partial charge < -0.3 is 14.6 Å². The van der Waals surface area contributed by atoms with Gasteiger partial charge in [-0.1, -0.05) is 6.92 Å². The molecule has 0 bridgehead atoms. The second-order valence-electron chi connectivity index (χ2n) is 4.37. The molecule has 6 heteroatoms. The van der Waals surface area contributed by atoms with Crippen LogP contribution in [0.3, 0.4) is 0 Å². The second kappa shape index (κ2) is 6.43. The predicted molar refractivity (Wildman–Crippen MR) is 68.2 cm³/mol. The molecule has 1 fully saturated rings. The summed E-state index contributed by atoms with van der Waals surface area (Å²) in [6, 6.07) is 0. The number of hydrogen-bond acceptors (Lipinski definition) is 6. The Hall–Kier alpha value is -0.750. The third-order valence-corrected chi connectivity index (χ3v) is 4.24. The van der Waals surface area contributed by atoms with Crippen LogP contribution in [0.5, 0.6) is 0 Å². The molecule has 0 amide bonds. The summed E-state index contributed by atoms with van der Waals surface area (Å²) in [4.78, 5) is 23.7. The van der Waals surface area contributed by atoms with Crippen LogP contribution in [0.4, 0.5) is 0 Å². The maximum Gasteiger partial charge on any atom is 0.323 e. The first-order valence-electron chi connectivity index (χ1n) is 6.11. The number of rotatable bonds is 5. The Morgan fingerprint density at radius 3 is 2.17 bits per heavy atom. The maximum absolute atomic E-state index is 11.9. The van der Waals surface area contributed by atoms with Gasteiger partial charge in [0.25, 0.3) is 0 Å². The van der Waals surface area contributed by atoms with Crippen molar-refractivity contribution in [2.75, 3.05) is 19.0 Å². The molecular weight excluding hydrogens is 256 g/mol. The quantitative estimate of drug-likeness (QED) is 0.596. The predicted octanol–water partition coefficient (Wildman–Crippen LogP) is 0.985. The van der Waals surface area contributed by atoms with Crippen molar-refractivity contribution in [1.29, 1.82) is 0 Å². The Balaban J connectivity index is 2.89. The van der Waals surface area contributed by atoms with Gasteiger partial charge in [0.05, 0.1) is 18.8 Å². The molecule has 1 aliphatic rings. The zero-order chi connectivity index (χ0) is 13.8. The van der Waals surface area contributed by atoms with Crippen LogP contribution in [0.1, 0.15) is 27.2 Å². The van der Waals surface area contributed by atoms with E-state index in [4.69, 9.17) is 9.47 Å². The van der Waals surface area contributed by atoms with Crippen LogP contribution in [0.2, 0.25) is 0 Å². The third kappa shape index (κ3) is 3.38. The summed E-state index contributed by atoms with van der Waals surface area (Å²) in [7, 11) is 0. The highest BCUT2D eigenvalue weighted by molar-refractivity contribution is 8.00. The van der Waals surface area contributed by atoms with Gasteiger partial charge in [-0.25, -0.2) is 0 Å². The van der Waals surface area contributed by atoms with E-state index in [0.29, 0.717) is 12.2 Å². The van der Waals surface area contributed by atoms with E-state index >= 15 is 0 Å². The van der Waals surface area contributed by atoms with E-state index in [1.54, 1.807) is 13.8 Å². The molecule has 5 nitrogen and oxygen atoms in total. The van der Waals surface area contributed by atoms with Gasteiger partial charge in [-0.05, 0) is 20.3 Å². The van der Waals surface area contributed by atoms with E-state index in [9.17, 15) is 14.7 Å². The Bertz CT molecular complexity index is 302. The van der Waals surface area contributed by atoms with Crippen LogP contribution >= 0.6 is 11.8 Å². The molecule has 1 aliphatic heterocycles. The van der Waals surface area contributed by atoms with Crippen LogP contribution in [0.15, 0.2) is 0 Å². The summed E-state index contributed by atoms with van der Waals surface area (Å²) in [6.07, 6.45) is 0.389. The number of aliphatic hydroxyl groups is 1. The molecule has 0 radical (unpaired) electrons. The molecule has 104 valence electrons. The summed E-state index contributed by atoms with van der Waals surface area (Å²) < 4.78 is 9.75. The SMILES string of the molecule is CCOC(=O)C(C(=O)OCC)C1(O)CSC(C)C1. The molecule has 18 heavy (non-hydrogen) atoms. The summed E-state index contributed by atoms with van der Waals surface area (Å²) in [5.41, 5.74) is -1.36. The Morgan fingerprint density at radius 2 is 1.83 bits per heavy atom. The van der Waals surface area contributed by atoms with Crippen LogP contribution in [0.25, 0.3) is 0 Å². The lowest BCUT2D eigenvalue weighted by atomic mass is 9.85. The van der Waals surface area contributed by atoms with Crippen LogP contribution in [-0.2, 0) is 19.1 Å². The molecule has 0 aromatic heterocycles. The maximum atomic E-state index is 11.9. The van der Waals surface area contributed by atoms with Crippen molar-refractivity contribution in [3.63, 3.8) is 0 Å². The fraction of sp³-hybridized carbons (Fsp3) is 0.833. The van der Waals surface area contributed by atoms with Gasteiger partial charge in [-0.15, -0.1) is 0 Å². The van der Waals surface area contributed by atoms with Gasteiger partial charge in [-0.2, -0.15) is 11.8 Å². The van der Waals surface area contributed by atoms with Crippen LogP contribution < -0.4 is 0 Å². The summed E-state index contributed by atoms with van der Waals surface area (Å²) in [6.45, 7) is 5.63. The molecular formula is C12H20O5S. The van der Waals surface area contributed by atoms with Crippen molar-refractivity contribution < 1.29 is 24.2 Å². The molecule has 1 saturated heterocycles. The second-order valence-corrected chi connectivity index (χ2v) is 5.79. The standard InChI is InChI=1S/C12H20O5S/c1-4-16-10(13)9(11(14)17-5-2)12(15)6-8(3)18-7-12/h8-9,15H,4-7H2,1-3H3. The normalized spacial score (nSPS) is 27.3. The van der Waals surface area contributed by atoms with E-state index in [-0.39, 0.29) is 18.5 Å². The molecule has 0 aromatic rings. The Labute approximate surface area is 111 Å². The lowest BCUT2D eigenvalue weighted by Gasteiger charge is -2.28. The van der Waals surface area contributed by atoms with Crippen molar-refractivity contribution in [3.8, 4) is 0 Å². The summed E-state index contributed by atoms with van der Waals surface area (Å²) in [5.74, 6) is -2.30. The summed E-state index contributed by atoms with van der Waals surface area (Å²) in [5, 5.41) is 10.7. The molecule has 1 N–H and O–H groups in total. The molecule has 1 rings (SSSR count). The van der Waals surface area contributed by atoms with Crippen molar-refractivity contribution >= 4 is 23.7 Å². The van der Waals surface area contributed by atoms with Crippen LogP contribution in [-0.4, -0.2) is 46.9 Å². The largest absolute Gasteiger partial charge is 0.465 e. The smallest absolute Gasteiger partial charge is 0.323 e. The van der Waals surface area contributed by atoms with Crippen LogP contribution in [0, 0.1) is 5.92 Å². The van der Waals surface area contributed by atoms with E-state index < -0.39 is 23.5 Å². The van der Waals surface area contributed by atoms with Gasteiger partial charge in [-0.3, -0.25) is 9.59 Å². The minimum atomic E-state index is -1.36. The van der Waals surface area contributed by atoms with Gasteiger partial charge in [0.1, 0.15) is 0 Å². The zero-order valence-electron chi connectivity index (χ0n) is 11.0. The monoisotopic (exact) mass is 276 g/mol. The minimum absolute atomic E-state index is 0.174. The van der Waals surface area contributed by atoms with Crippen molar-refractivity contribution in [2.24, 2.45) is 5.92 Å². The number of ether oxygens (including phenoxy) is 2. The topological polar surface area (TPSA) is 72.8 Å². The number of carbonyl (C=O) groups excluding carboxylic acids is 2. The number of esters is 2. The highest BCUT2D eigenvalue weighted by atomic mass is 32.2. The fourth-order valence-corrected chi connectivity index (χ4v) is 3.35. The highest BCUT2D eigenvalue weighted by Gasteiger charge is 2.52. The fourth-order valence-electron chi connectivity index (χ4n) is 2.09. The molecule has 0 aromatic carbocycles. The van der Waals surface area contributed by atoms with E-state index in [1.165, 1.54) is 11.8 Å². The lowest BCUT2D eigenvalue weighted by molar-refractivity contribution is -0.173. The first kappa shape index (κ1) is 15.3.